The second-order valence-corrected chi connectivity index (χ2v) is 8.35. The largest absolute Gasteiger partial charge is 0.400 e. The first-order valence-corrected chi connectivity index (χ1v) is 10.8. The van der Waals surface area contributed by atoms with Crippen molar-refractivity contribution in [3.63, 3.8) is 0 Å². The molecule has 148 valence electrons. The molecule has 0 amide bonds. The van der Waals surface area contributed by atoms with E-state index in [9.17, 15) is 0 Å². The molecule has 0 spiro atoms. The quantitative estimate of drug-likeness (QED) is 0.550. The van der Waals surface area contributed by atoms with Crippen LogP contribution in [0.1, 0.15) is 5.56 Å². The summed E-state index contributed by atoms with van der Waals surface area (Å²) < 4.78 is 1.12. The number of benzene rings is 2. The molecule has 0 aliphatic carbocycles. The van der Waals surface area contributed by atoms with E-state index >= 15 is 0 Å². The van der Waals surface area contributed by atoms with Crippen LogP contribution >= 0.6 is 23.1 Å². The summed E-state index contributed by atoms with van der Waals surface area (Å²) in [4.78, 5) is 11.5. The number of rotatable bonds is 5. The molecule has 1 aromatic heterocycles. The number of aliphatic hydroxyl groups excluding tert-OH is 1. The van der Waals surface area contributed by atoms with Crippen molar-refractivity contribution in [1.29, 1.82) is 0 Å². The molecular weight excluding hydrogens is 390 g/mol. The topological polar surface area (TPSA) is 86.8 Å². The number of nitrogen functional groups attached to an aromatic ring is 1. The number of anilines is 2. The molecule has 0 radical (unpaired) electrons. The minimum absolute atomic E-state index is 0.776. The summed E-state index contributed by atoms with van der Waals surface area (Å²) in [5.74, 6) is 1.12. The van der Waals surface area contributed by atoms with Gasteiger partial charge in [-0.1, -0.05) is 35.2 Å². The maximum Gasteiger partial charge on any atom is 0.183 e. The zero-order chi connectivity index (χ0) is 19.9. The van der Waals surface area contributed by atoms with Crippen LogP contribution in [0, 0.1) is 0 Å². The van der Waals surface area contributed by atoms with Crippen molar-refractivity contribution in [1.82, 2.24) is 9.88 Å². The Balaban J connectivity index is 0.00000109. The van der Waals surface area contributed by atoms with Crippen molar-refractivity contribution in [3.05, 3.63) is 48.0 Å². The first-order valence-electron chi connectivity index (χ1n) is 9.03. The first kappa shape index (κ1) is 20.4. The van der Waals surface area contributed by atoms with E-state index in [1.807, 2.05) is 30.0 Å². The predicted octanol–water partition coefficient (Wildman–Crippen LogP) is 3.81. The fourth-order valence-electron chi connectivity index (χ4n) is 2.78. The SMILES string of the molecule is CN1CCSC1=Nc1ccc(CCNc2nc3ccc(N)cc3s2)cc1.CO. The molecule has 1 aliphatic heterocycles. The number of thioether (sulfide) groups is 1. The molecule has 28 heavy (non-hydrogen) atoms. The van der Waals surface area contributed by atoms with Gasteiger partial charge in [-0.05, 0) is 42.3 Å². The van der Waals surface area contributed by atoms with E-state index in [1.165, 1.54) is 5.56 Å². The molecule has 2 aromatic carbocycles. The number of nitrogens with zero attached hydrogens (tertiary/aromatic N) is 3. The number of nitrogens with one attached hydrogen (secondary N) is 1. The van der Waals surface area contributed by atoms with Gasteiger partial charge in [-0.2, -0.15) is 0 Å². The van der Waals surface area contributed by atoms with E-state index < -0.39 is 0 Å². The van der Waals surface area contributed by atoms with Crippen LogP contribution in [0.3, 0.4) is 0 Å². The van der Waals surface area contributed by atoms with E-state index in [0.717, 1.165) is 64.3 Å². The highest BCUT2D eigenvalue weighted by molar-refractivity contribution is 8.14. The molecule has 1 aliphatic rings. The molecule has 3 aromatic rings. The molecule has 4 rings (SSSR count). The molecule has 4 N–H and O–H groups in total. The van der Waals surface area contributed by atoms with Crippen molar-refractivity contribution >= 4 is 55.0 Å². The third-order valence-electron chi connectivity index (χ3n) is 4.25. The Hall–Kier alpha value is -2.29. The van der Waals surface area contributed by atoms with Gasteiger partial charge in [0.2, 0.25) is 0 Å². The Morgan fingerprint density at radius 1 is 1.21 bits per heavy atom. The fourth-order valence-corrected chi connectivity index (χ4v) is 4.74. The Morgan fingerprint density at radius 2 is 2.00 bits per heavy atom. The molecule has 0 atom stereocenters. The summed E-state index contributed by atoms with van der Waals surface area (Å²) >= 11 is 3.46. The van der Waals surface area contributed by atoms with Gasteiger partial charge < -0.3 is 21.1 Å². The van der Waals surface area contributed by atoms with Crippen LogP contribution in [-0.4, -0.2) is 53.2 Å². The van der Waals surface area contributed by atoms with E-state index in [1.54, 1.807) is 11.3 Å². The highest BCUT2D eigenvalue weighted by Gasteiger charge is 2.14. The summed E-state index contributed by atoms with van der Waals surface area (Å²) in [5.41, 5.74) is 9.90. The molecule has 0 bridgehead atoms. The normalized spacial score (nSPS) is 15.0. The van der Waals surface area contributed by atoms with Gasteiger partial charge >= 0.3 is 0 Å². The number of hydrogen-bond donors (Lipinski definition) is 3. The van der Waals surface area contributed by atoms with Crippen LogP contribution in [0.5, 0.6) is 0 Å². The summed E-state index contributed by atoms with van der Waals surface area (Å²) in [5, 5.41) is 12.5. The number of thiazole rings is 1. The lowest BCUT2D eigenvalue weighted by Gasteiger charge is -2.09. The van der Waals surface area contributed by atoms with E-state index in [2.05, 4.69) is 46.5 Å². The summed E-state index contributed by atoms with van der Waals surface area (Å²) in [6.07, 6.45) is 0.948. The van der Waals surface area contributed by atoms with Crippen molar-refractivity contribution < 1.29 is 5.11 Å². The maximum atomic E-state index is 7.00. The minimum atomic E-state index is 0.776. The molecule has 1 saturated heterocycles. The lowest BCUT2D eigenvalue weighted by Crippen LogP contribution is -2.17. The number of nitrogens with two attached hydrogens (primary N) is 1. The molecule has 1 fully saturated rings. The van der Waals surface area contributed by atoms with Crippen LogP contribution in [0.2, 0.25) is 0 Å². The number of aliphatic hydroxyl groups is 1. The summed E-state index contributed by atoms with van der Waals surface area (Å²) in [7, 11) is 3.09. The van der Waals surface area contributed by atoms with Crippen molar-refractivity contribution in [2.45, 2.75) is 6.42 Å². The fraction of sp³-hybridized carbons (Fsp3) is 0.300. The highest BCUT2D eigenvalue weighted by Crippen LogP contribution is 2.27. The third-order valence-corrected chi connectivity index (χ3v) is 6.27. The average Bonchev–Trinajstić information content (AvgIpc) is 3.30. The van der Waals surface area contributed by atoms with Crippen LogP contribution < -0.4 is 11.1 Å². The second kappa shape index (κ2) is 9.77. The van der Waals surface area contributed by atoms with Crippen LogP contribution in [-0.2, 0) is 6.42 Å². The number of aromatic nitrogens is 1. The Morgan fingerprint density at radius 3 is 2.71 bits per heavy atom. The van der Waals surface area contributed by atoms with Crippen LogP contribution in [0.4, 0.5) is 16.5 Å². The molecule has 6 nitrogen and oxygen atoms in total. The summed E-state index contributed by atoms with van der Waals surface area (Å²) in [6, 6.07) is 14.3. The third kappa shape index (κ3) is 5.15. The maximum absolute atomic E-state index is 7.00. The second-order valence-electron chi connectivity index (χ2n) is 6.25. The lowest BCUT2D eigenvalue weighted by molar-refractivity contribution is 0.399. The average molecular weight is 416 g/mol. The molecular formula is C20H25N5OS2. The standard InChI is InChI=1S/C19H21N5S2.CH4O/c1-24-10-11-25-19(24)22-15-5-2-13(3-6-15)8-9-21-18-23-16-7-4-14(20)12-17(16)26-18;1-2/h2-7,12H,8-11,20H2,1H3,(H,21,23);2H,1H3. The van der Waals surface area contributed by atoms with Gasteiger partial charge in [0.25, 0.3) is 0 Å². The van der Waals surface area contributed by atoms with Crippen LogP contribution in [0.25, 0.3) is 10.2 Å². The molecule has 8 heteroatoms. The number of hydrogen-bond acceptors (Lipinski definition) is 7. The van der Waals surface area contributed by atoms with Crippen LogP contribution in [0.15, 0.2) is 47.5 Å². The lowest BCUT2D eigenvalue weighted by atomic mass is 10.1. The molecule has 0 saturated carbocycles. The van der Waals surface area contributed by atoms with E-state index in [0.29, 0.717) is 0 Å². The van der Waals surface area contributed by atoms with Gasteiger partial charge in [-0.3, -0.25) is 0 Å². The van der Waals surface area contributed by atoms with Gasteiger partial charge in [0.1, 0.15) is 0 Å². The van der Waals surface area contributed by atoms with Crippen molar-refractivity contribution in [2.75, 3.05) is 44.1 Å². The van der Waals surface area contributed by atoms with Gasteiger partial charge in [0.15, 0.2) is 10.3 Å². The predicted molar refractivity (Wildman–Crippen MR) is 123 cm³/mol. The molecule has 0 unspecified atom stereocenters. The van der Waals surface area contributed by atoms with E-state index in [-0.39, 0.29) is 0 Å². The van der Waals surface area contributed by atoms with Crippen molar-refractivity contribution in [2.24, 2.45) is 4.99 Å². The van der Waals surface area contributed by atoms with Gasteiger partial charge in [0.05, 0.1) is 15.9 Å². The van der Waals surface area contributed by atoms with E-state index in [4.69, 9.17) is 15.8 Å². The number of amidine groups is 1. The summed E-state index contributed by atoms with van der Waals surface area (Å²) in [6.45, 7) is 1.92. The highest BCUT2D eigenvalue weighted by atomic mass is 32.2. The number of aliphatic imine (C=N–C) groups is 1. The Bertz CT molecular complexity index is 939. The van der Waals surface area contributed by atoms with Gasteiger partial charge in [-0.25, -0.2) is 9.98 Å². The minimum Gasteiger partial charge on any atom is -0.400 e. The number of fused-ring (bicyclic) bond motifs is 1. The van der Waals surface area contributed by atoms with Gasteiger partial charge in [0, 0.05) is 38.7 Å². The first-order chi connectivity index (χ1) is 13.7. The zero-order valence-corrected chi connectivity index (χ0v) is 17.7. The van der Waals surface area contributed by atoms with Crippen molar-refractivity contribution in [3.8, 4) is 0 Å². The Labute approximate surface area is 173 Å². The Kier molecular flexibility index (Phi) is 7.13. The monoisotopic (exact) mass is 415 g/mol. The zero-order valence-electron chi connectivity index (χ0n) is 16.1. The molecule has 2 heterocycles. The smallest absolute Gasteiger partial charge is 0.183 e. The van der Waals surface area contributed by atoms with Gasteiger partial charge in [-0.15, -0.1) is 0 Å².